The zero-order valence-electron chi connectivity index (χ0n) is 8.10. The van der Waals surface area contributed by atoms with Crippen LogP contribution in [0.25, 0.3) is 0 Å². The van der Waals surface area contributed by atoms with Crippen LogP contribution in [0, 0.1) is 6.07 Å². The Hall–Kier alpha value is -1.58. The van der Waals surface area contributed by atoms with Gasteiger partial charge in [0.2, 0.25) is 5.91 Å². The number of rotatable bonds is 1. The van der Waals surface area contributed by atoms with Gasteiger partial charge in [-0.1, -0.05) is 0 Å². The normalized spacial score (nSPS) is 17.4. The van der Waals surface area contributed by atoms with E-state index in [0.717, 1.165) is 18.8 Å². The summed E-state index contributed by atoms with van der Waals surface area (Å²) in [6.45, 7) is 2.07. The Kier molecular flexibility index (Phi) is 2.35. The maximum atomic E-state index is 11.4. The minimum atomic E-state index is 0.153. The maximum Gasteiger partial charge on any atom is 0.241 e. The molecule has 0 aliphatic carbocycles. The molecule has 73 valence electrons. The van der Waals surface area contributed by atoms with E-state index < -0.39 is 0 Å². The summed E-state index contributed by atoms with van der Waals surface area (Å²) in [5.41, 5.74) is 0.967. The molecular formula is C10H12N3O. The Morgan fingerprint density at radius 1 is 1.50 bits per heavy atom. The predicted molar refractivity (Wildman–Crippen MR) is 52.9 cm³/mol. The second-order valence-electron chi connectivity index (χ2n) is 3.38. The van der Waals surface area contributed by atoms with E-state index in [1.165, 1.54) is 0 Å². The molecule has 1 amide bonds. The highest BCUT2D eigenvalue weighted by atomic mass is 16.2. The van der Waals surface area contributed by atoms with Crippen molar-refractivity contribution in [2.45, 2.75) is 0 Å². The Balaban J connectivity index is 2.11. The molecule has 14 heavy (non-hydrogen) atoms. The molecule has 1 aromatic rings. The summed E-state index contributed by atoms with van der Waals surface area (Å²) in [7, 11) is 1.83. The molecule has 0 spiro atoms. The topological polar surface area (TPSA) is 36.4 Å². The highest BCUT2D eigenvalue weighted by Crippen LogP contribution is 2.13. The number of piperazine rings is 1. The predicted octanol–water partition coefficient (Wildman–Crippen LogP) is 0.160. The summed E-state index contributed by atoms with van der Waals surface area (Å²) in [4.78, 5) is 19.2. The molecule has 1 aliphatic heterocycles. The van der Waals surface area contributed by atoms with Gasteiger partial charge in [0.05, 0.1) is 18.4 Å². The van der Waals surface area contributed by atoms with Gasteiger partial charge in [-0.05, 0) is 6.07 Å². The van der Waals surface area contributed by atoms with Crippen molar-refractivity contribution < 1.29 is 4.79 Å². The van der Waals surface area contributed by atoms with E-state index in [1.807, 2.05) is 18.0 Å². The van der Waals surface area contributed by atoms with E-state index in [4.69, 9.17) is 0 Å². The number of pyridine rings is 1. The molecule has 1 aromatic heterocycles. The first kappa shape index (κ1) is 8.99. The standard InChI is InChI=1S/C10H12N3O/c1-12-5-6-13(8-10(12)14)9-3-2-4-11-7-9/h3-4,7H,5-6,8H2,1H3. The zero-order valence-corrected chi connectivity index (χ0v) is 8.10. The molecule has 0 atom stereocenters. The number of anilines is 1. The average Bonchev–Trinajstić information content (AvgIpc) is 2.23. The Morgan fingerprint density at radius 3 is 3.00 bits per heavy atom. The van der Waals surface area contributed by atoms with Gasteiger partial charge >= 0.3 is 0 Å². The summed E-state index contributed by atoms with van der Waals surface area (Å²) in [6, 6.07) is 4.76. The number of hydrogen-bond acceptors (Lipinski definition) is 3. The fourth-order valence-electron chi connectivity index (χ4n) is 1.47. The highest BCUT2D eigenvalue weighted by molar-refractivity contribution is 5.82. The van der Waals surface area contributed by atoms with Gasteiger partial charge in [-0.25, -0.2) is 0 Å². The van der Waals surface area contributed by atoms with E-state index in [0.29, 0.717) is 6.54 Å². The van der Waals surface area contributed by atoms with Crippen molar-refractivity contribution in [2.75, 3.05) is 31.6 Å². The third kappa shape index (κ3) is 1.69. The molecule has 1 saturated heterocycles. The molecule has 1 fully saturated rings. The molecule has 4 heteroatoms. The van der Waals surface area contributed by atoms with Crippen molar-refractivity contribution >= 4 is 11.6 Å². The summed E-state index contributed by atoms with van der Waals surface area (Å²) in [5.74, 6) is 0.153. The SMILES string of the molecule is CN1CCN(c2c[c]cnc2)CC1=O. The summed E-state index contributed by atoms with van der Waals surface area (Å²) in [6.07, 6.45) is 3.37. The second kappa shape index (κ2) is 3.65. The van der Waals surface area contributed by atoms with Crippen LogP contribution < -0.4 is 4.90 Å². The van der Waals surface area contributed by atoms with Crippen molar-refractivity contribution in [2.24, 2.45) is 0 Å². The first-order valence-electron chi connectivity index (χ1n) is 4.57. The number of amides is 1. The molecule has 0 aromatic carbocycles. The van der Waals surface area contributed by atoms with Gasteiger partial charge in [-0.15, -0.1) is 0 Å². The van der Waals surface area contributed by atoms with Crippen LogP contribution in [-0.2, 0) is 4.79 Å². The first-order valence-corrected chi connectivity index (χ1v) is 4.57. The third-order valence-electron chi connectivity index (χ3n) is 2.41. The minimum Gasteiger partial charge on any atom is -0.359 e. The first-order chi connectivity index (χ1) is 6.77. The van der Waals surface area contributed by atoms with E-state index in [-0.39, 0.29) is 5.91 Å². The lowest BCUT2D eigenvalue weighted by molar-refractivity contribution is -0.129. The fraction of sp³-hybridized carbons (Fsp3) is 0.400. The molecular weight excluding hydrogens is 178 g/mol. The van der Waals surface area contributed by atoms with Crippen LogP contribution >= 0.6 is 0 Å². The molecule has 0 saturated carbocycles. The number of likely N-dealkylation sites (N-methyl/N-ethyl adjacent to an activating group) is 1. The van der Waals surface area contributed by atoms with Crippen LogP contribution in [0.3, 0.4) is 0 Å². The van der Waals surface area contributed by atoms with Crippen molar-refractivity contribution in [3.8, 4) is 0 Å². The van der Waals surface area contributed by atoms with E-state index in [2.05, 4.69) is 11.1 Å². The van der Waals surface area contributed by atoms with Crippen LogP contribution in [0.15, 0.2) is 18.5 Å². The summed E-state index contributed by atoms with van der Waals surface area (Å²) >= 11 is 0. The monoisotopic (exact) mass is 190 g/mol. The molecule has 1 radical (unpaired) electrons. The number of carbonyl (C=O) groups excluding carboxylic acids is 1. The van der Waals surface area contributed by atoms with E-state index in [9.17, 15) is 4.79 Å². The lowest BCUT2D eigenvalue weighted by Crippen LogP contribution is -2.48. The Labute approximate surface area is 83.2 Å². The van der Waals surface area contributed by atoms with Gasteiger partial charge in [0.1, 0.15) is 0 Å². The van der Waals surface area contributed by atoms with Crippen LogP contribution in [-0.4, -0.2) is 42.5 Å². The Morgan fingerprint density at radius 2 is 2.36 bits per heavy atom. The van der Waals surface area contributed by atoms with Crippen LogP contribution in [0.5, 0.6) is 0 Å². The second-order valence-corrected chi connectivity index (χ2v) is 3.38. The molecule has 2 heterocycles. The number of nitrogens with zero attached hydrogens (tertiary/aromatic N) is 3. The van der Waals surface area contributed by atoms with Crippen molar-refractivity contribution in [3.63, 3.8) is 0 Å². The third-order valence-corrected chi connectivity index (χ3v) is 2.41. The van der Waals surface area contributed by atoms with Gasteiger partial charge in [0, 0.05) is 32.4 Å². The van der Waals surface area contributed by atoms with Gasteiger partial charge < -0.3 is 9.80 Å². The number of aromatic nitrogens is 1. The lowest BCUT2D eigenvalue weighted by atomic mass is 10.3. The summed E-state index contributed by atoms with van der Waals surface area (Å²) < 4.78 is 0. The van der Waals surface area contributed by atoms with Crippen LogP contribution in [0.1, 0.15) is 0 Å². The minimum absolute atomic E-state index is 0.153. The Bertz CT molecular complexity index is 325. The number of hydrogen-bond donors (Lipinski definition) is 0. The summed E-state index contributed by atoms with van der Waals surface area (Å²) in [5, 5.41) is 0. The fourth-order valence-corrected chi connectivity index (χ4v) is 1.47. The van der Waals surface area contributed by atoms with Crippen LogP contribution in [0.4, 0.5) is 5.69 Å². The van der Waals surface area contributed by atoms with Gasteiger partial charge in [0.25, 0.3) is 0 Å². The van der Waals surface area contributed by atoms with Crippen LogP contribution in [0.2, 0.25) is 0 Å². The quantitative estimate of drug-likeness (QED) is 0.633. The molecule has 0 unspecified atom stereocenters. The van der Waals surface area contributed by atoms with Gasteiger partial charge in [-0.2, -0.15) is 0 Å². The van der Waals surface area contributed by atoms with Gasteiger partial charge in [0.15, 0.2) is 0 Å². The van der Waals surface area contributed by atoms with E-state index in [1.54, 1.807) is 17.3 Å². The maximum absolute atomic E-state index is 11.4. The highest BCUT2D eigenvalue weighted by Gasteiger charge is 2.20. The van der Waals surface area contributed by atoms with Crippen molar-refractivity contribution in [3.05, 3.63) is 24.5 Å². The lowest BCUT2D eigenvalue weighted by Gasteiger charge is -2.33. The molecule has 1 aliphatic rings. The number of carbonyl (C=O) groups is 1. The molecule has 0 N–H and O–H groups in total. The van der Waals surface area contributed by atoms with Crippen molar-refractivity contribution in [1.29, 1.82) is 0 Å². The molecule has 4 nitrogen and oxygen atoms in total. The van der Waals surface area contributed by atoms with Gasteiger partial charge in [-0.3, -0.25) is 9.78 Å². The van der Waals surface area contributed by atoms with E-state index >= 15 is 0 Å². The molecule has 0 bridgehead atoms. The zero-order chi connectivity index (χ0) is 9.97. The van der Waals surface area contributed by atoms with Crippen molar-refractivity contribution in [1.82, 2.24) is 9.88 Å². The largest absolute Gasteiger partial charge is 0.359 e. The average molecular weight is 190 g/mol. The molecule has 2 rings (SSSR count). The smallest absolute Gasteiger partial charge is 0.241 e.